The van der Waals surface area contributed by atoms with Gasteiger partial charge in [-0.25, -0.2) is 0 Å². The molecule has 1 saturated carbocycles. The third-order valence-corrected chi connectivity index (χ3v) is 4.14. The molecule has 0 radical (unpaired) electrons. The number of benzene rings is 1. The van der Waals surface area contributed by atoms with Crippen molar-refractivity contribution in [3.8, 4) is 11.1 Å². The number of nitrogens with two attached hydrogens (primary N) is 1. The van der Waals surface area contributed by atoms with Gasteiger partial charge < -0.3 is 10.3 Å². The number of nitrogens with zero attached hydrogens (tertiary/aromatic N) is 1. The summed E-state index contributed by atoms with van der Waals surface area (Å²) in [5, 5.41) is 4.90. The highest BCUT2D eigenvalue weighted by atomic mass is 35.5. The average Bonchev–Trinajstić information content (AvgIpc) is 2.92. The lowest BCUT2D eigenvalue weighted by atomic mass is 10.0. The highest BCUT2D eigenvalue weighted by Crippen LogP contribution is 2.51. The number of rotatable bonds is 2. The quantitative estimate of drug-likeness (QED) is 0.891. The summed E-state index contributed by atoms with van der Waals surface area (Å²) in [6, 6.07) is 5.43. The Morgan fingerprint density at radius 3 is 2.67 bits per heavy atom. The molecule has 1 fully saturated rings. The van der Waals surface area contributed by atoms with Gasteiger partial charge in [0, 0.05) is 5.92 Å². The van der Waals surface area contributed by atoms with Crippen LogP contribution in [-0.2, 0) is 0 Å². The molecule has 5 heteroatoms. The van der Waals surface area contributed by atoms with E-state index in [2.05, 4.69) is 12.1 Å². The molecule has 94 valence electrons. The van der Waals surface area contributed by atoms with Crippen LogP contribution in [0.1, 0.15) is 25.0 Å². The van der Waals surface area contributed by atoms with Crippen molar-refractivity contribution in [2.24, 2.45) is 5.92 Å². The van der Waals surface area contributed by atoms with E-state index in [1.165, 1.54) is 0 Å². The number of halogens is 2. The van der Waals surface area contributed by atoms with E-state index < -0.39 is 0 Å². The molecule has 0 spiro atoms. The van der Waals surface area contributed by atoms with Crippen LogP contribution in [0.5, 0.6) is 0 Å². The van der Waals surface area contributed by atoms with Crippen molar-refractivity contribution in [2.45, 2.75) is 19.3 Å². The van der Waals surface area contributed by atoms with Gasteiger partial charge in [-0.2, -0.15) is 0 Å². The lowest BCUT2D eigenvalue weighted by molar-refractivity contribution is 0.384. The highest BCUT2D eigenvalue weighted by molar-refractivity contribution is 6.42. The summed E-state index contributed by atoms with van der Waals surface area (Å²) in [4.78, 5) is 0. The second kappa shape index (κ2) is 4.18. The highest BCUT2D eigenvalue weighted by Gasteiger charge is 2.40. The molecule has 0 bridgehead atoms. The summed E-state index contributed by atoms with van der Waals surface area (Å²) in [6.07, 6.45) is 1.11. The van der Waals surface area contributed by atoms with E-state index in [1.807, 2.05) is 6.07 Å². The van der Waals surface area contributed by atoms with E-state index in [-0.39, 0.29) is 0 Å². The summed E-state index contributed by atoms with van der Waals surface area (Å²) in [5.74, 6) is 2.30. The SMILES string of the molecule is CC1CC1c1onc(N)c1-c1ccc(Cl)c(Cl)c1. The van der Waals surface area contributed by atoms with Gasteiger partial charge in [0.1, 0.15) is 5.76 Å². The van der Waals surface area contributed by atoms with E-state index in [4.69, 9.17) is 33.5 Å². The molecule has 3 rings (SSSR count). The third-order valence-electron chi connectivity index (χ3n) is 3.40. The van der Waals surface area contributed by atoms with Gasteiger partial charge in [0.2, 0.25) is 0 Å². The maximum Gasteiger partial charge on any atom is 0.175 e. The summed E-state index contributed by atoms with van der Waals surface area (Å²) in [7, 11) is 0. The Kier molecular flexibility index (Phi) is 2.76. The molecule has 1 aliphatic carbocycles. The van der Waals surface area contributed by atoms with Crippen LogP contribution in [0.4, 0.5) is 5.82 Å². The predicted molar refractivity (Wildman–Crippen MR) is 72.9 cm³/mol. The summed E-state index contributed by atoms with van der Waals surface area (Å²) >= 11 is 12.0. The van der Waals surface area contributed by atoms with Crippen LogP contribution in [0.25, 0.3) is 11.1 Å². The van der Waals surface area contributed by atoms with Gasteiger partial charge in [-0.05, 0) is 30.0 Å². The molecule has 0 amide bonds. The molecule has 1 aromatic carbocycles. The summed E-state index contributed by atoms with van der Waals surface area (Å²) in [5.41, 5.74) is 7.64. The first kappa shape index (κ1) is 11.9. The fraction of sp³-hybridized carbons (Fsp3) is 0.308. The predicted octanol–water partition coefficient (Wildman–Crippen LogP) is 4.35. The van der Waals surface area contributed by atoms with Crippen LogP contribution >= 0.6 is 23.2 Å². The summed E-state index contributed by atoms with van der Waals surface area (Å²) in [6.45, 7) is 2.18. The Bertz CT molecular complexity index is 609. The van der Waals surface area contributed by atoms with E-state index in [1.54, 1.807) is 12.1 Å². The Balaban J connectivity index is 2.10. The molecular weight excluding hydrogens is 271 g/mol. The van der Waals surface area contributed by atoms with Crippen molar-refractivity contribution in [1.82, 2.24) is 5.16 Å². The molecule has 1 aromatic heterocycles. The average molecular weight is 283 g/mol. The zero-order valence-corrected chi connectivity index (χ0v) is 11.3. The first-order valence-electron chi connectivity index (χ1n) is 5.78. The fourth-order valence-corrected chi connectivity index (χ4v) is 2.50. The summed E-state index contributed by atoms with van der Waals surface area (Å²) < 4.78 is 5.36. The minimum Gasteiger partial charge on any atom is -0.380 e. The number of nitrogen functional groups attached to an aromatic ring is 1. The lowest BCUT2D eigenvalue weighted by Gasteiger charge is -2.03. The number of hydrogen-bond donors (Lipinski definition) is 1. The monoisotopic (exact) mass is 282 g/mol. The molecule has 0 saturated heterocycles. The van der Waals surface area contributed by atoms with Crippen LogP contribution in [0.3, 0.4) is 0 Å². The molecule has 0 aliphatic heterocycles. The smallest absolute Gasteiger partial charge is 0.175 e. The lowest BCUT2D eigenvalue weighted by Crippen LogP contribution is -1.90. The van der Waals surface area contributed by atoms with Crippen LogP contribution in [0.15, 0.2) is 22.7 Å². The van der Waals surface area contributed by atoms with Crippen molar-refractivity contribution in [3.63, 3.8) is 0 Å². The molecular formula is C13H12Cl2N2O. The Hall–Kier alpha value is -1.19. The van der Waals surface area contributed by atoms with Crippen molar-refractivity contribution in [2.75, 3.05) is 5.73 Å². The van der Waals surface area contributed by atoms with Gasteiger partial charge in [0.25, 0.3) is 0 Å². The fourth-order valence-electron chi connectivity index (χ4n) is 2.20. The van der Waals surface area contributed by atoms with Gasteiger partial charge >= 0.3 is 0 Å². The first-order valence-corrected chi connectivity index (χ1v) is 6.54. The number of anilines is 1. The van der Waals surface area contributed by atoms with Gasteiger partial charge in [0.05, 0.1) is 15.6 Å². The Labute approximate surface area is 115 Å². The van der Waals surface area contributed by atoms with Crippen molar-refractivity contribution >= 4 is 29.0 Å². The van der Waals surface area contributed by atoms with E-state index >= 15 is 0 Å². The molecule has 2 N–H and O–H groups in total. The Morgan fingerprint density at radius 2 is 2.06 bits per heavy atom. The molecule has 18 heavy (non-hydrogen) atoms. The topological polar surface area (TPSA) is 52.0 Å². The molecule has 2 unspecified atom stereocenters. The van der Waals surface area contributed by atoms with Gasteiger partial charge in [-0.1, -0.05) is 41.3 Å². The standard InChI is InChI=1S/C13H12Cl2N2O/c1-6-4-8(6)12-11(13(16)17-18-12)7-2-3-9(14)10(15)5-7/h2-3,5-6,8H,4H2,1H3,(H2,16,17). The van der Waals surface area contributed by atoms with Crippen molar-refractivity contribution in [3.05, 3.63) is 34.0 Å². The third kappa shape index (κ3) is 1.88. The maximum atomic E-state index is 6.04. The normalized spacial score (nSPS) is 22.2. The van der Waals surface area contributed by atoms with Crippen molar-refractivity contribution < 1.29 is 4.52 Å². The van der Waals surface area contributed by atoms with Crippen LogP contribution in [0, 0.1) is 5.92 Å². The van der Waals surface area contributed by atoms with E-state index in [9.17, 15) is 0 Å². The second-order valence-corrected chi connectivity index (χ2v) is 5.57. The van der Waals surface area contributed by atoms with E-state index in [0.717, 1.165) is 23.3 Å². The van der Waals surface area contributed by atoms with Crippen molar-refractivity contribution in [1.29, 1.82) is 0 Å². The van der Waals surface area contributed by atoms with Gasteiger partial charge in [0.15, 0.2) is 5.82 Å². The first-order chi connectivity index (χ1) is 8.58. The van der Waals surface area contributed by atoms with Crippen LogP contribution in [-0.4, -0.2) is 5.16 Å². The molecule has 2 aromatic rings. The van der Waals surface area contributed by atoms with Crippen LogP contribution < -0.4 is 5.73 Å². The van der Waals surface area contributed by atoms with Gasteiger partial charge in [-0.15, -0.1) is 0 Å². The minimum atomic E-state index is 0.405. The molecule has 2 atom stereocenters. The second-order valence-electron chi connectivity index (χ2n) is 4.76. The molecule has 1 aliphatic rings. The zero-order chi connectivity index (χ0) is 12.9. The number of hydrogen-bond acceptors (Lipinski definition) is 3. The largest absolute Gasteiger partial charge is 0.380 e. The van der Waals surface area contributed by atoms with E-state index in [0.29, 0.717) is 27.7 Å². The zero-order valence-electron chi connectivity index (χ0n) is 9.78. The van der Waals surface area contributed by atoms with Gasteiger partial charge in [-0.3, -0.25) is 0 Å². The minimum absolute atomic E-state index is 0.405. The Morgan fingerprint density at radius 1 is 1.33 bits per heavy atom. The molecule has 1 heterocycles. The maximum absolute atomic E-state index is 6.04. The van der Waals surface area contributed by atoms with Crippen LogP contribution in [0.2, 0.25) is 10.0 Å². The number of aromatic nitrogens is 1. The molecule has 3 nitrogen and oxygen atoms in total.